The Morgan fingerprint density at radius 2 is 1.88 bits per heavy atom. The first kappa shape index (κ1) is 11.3. The van der Waals surface area contributed by atoms with Crippen molar-refractivity contribution in [2.45, 2.75) is 13.5 Å². The van der Waals surface area contributed by atoms with Crippen LogP contribution in [0.25, 0.3) is 0 Å². The van der Waals surface area contributed by atoms with Crippen LogP contribution in [-0.2, 0) is 6.54 Å². The molecule has 1 heterocycles. The van der Waals surface area contributed by atoms with Crippen molar-refractivity contribution in [3.63, 3.8) is 0 Å². The van der Waals surface area contributed by atoms with Crippen LogP contribution >= 0.6 is 0 Å². The van der Waals surface area contributed by atoms with Gasteiger partial charge in [-0.3, -0.25) is 4.79 Å². The summed E-state index contributed by atoms with van der Waals surface area (Å²) in [6.07, 6.45) is 1.36. The lowest BCUT2D eigenvalue weighted by Gasteiger charge is -2.04. The molecule has 0 unspecified atom stereocenters. The molecule has 1 aromatic heterocycles. The maximum Gasteiger partial charge on any atom is 0.206 e. The number of Topliss-reactive ketones (excluding diaryl/α,β-unsaturated/α-hetero) is 1. The predicted molar refractivity (Wildman–Crippen MR) is 63.3 cm³/mol. The first-order valence-electron chi connectivity index (χ1n) is 5.25. The number of carbonyl (C=O) groups excluding carboxylic acids is 1. The van der Waals surface area contributed by atoms with E-state index in [-0.39, 0.29) is 23.0 Å². The molecule has 2 N–H and O–H groups in total. The molecule has 0 amide bonds. The van der Waals surface area contributed by atoms with Crippen LogP contribution in [0.2, 0.25) is 0 Å². The van der Waals surface area contributed by atoms with Crippen molar-refractivity contribution >= 4 is 5.78 Å². The zero-order valence-electron chi connectivity index (χ0n) is 9.42. The molecule has 17 heavy (non-hydrogen) atoms. The summed E-state index contributed by atoms with van der Waals surface area (Å²) in [7, 11) is 0. The van der Waals surface area contributed by atoms with E-state index < -0.39 is 0 Å². The van der Waals surface area contributed by atoms with Gasteiger partial charge in [0.05, 0.1) is 12.7 Å². The fourth-order valence-electron chi connectivity index (χ4n) is 1.77. The standard InChI is InChI=1S/C13H13NO3/c1-9(15)12-11(16)8-14(13(12)17)7-10-5-3-2-4-6-10/h2-6,8,16-17H,7H2,1H3. The maximum absolute atomic E-state index is 11.2. The average molecular weight is 231 g/mol. The molecule has 1 aromatic carbocycles. The summed E-state index contributed by atoms with van der Waals surface area (Å²) in [5.74, 6) is -0.739. The fourth-order valence-corrected chi connectivity index (χ4v) is 1.77. The van der Waals surface area contributed by atoms with Crippen molar-refractivity contribution in [3.05, 3.63) is 47.7 Å². The molecule has 0 atom stereocenters. The molecule has 88 valence electrons. The Hall–Kier alpha value is -2.23. The third-order valence-corrected chi connectivity index (χ3v) is 2.58. The number of ketones is 1. The Morgan fingerprint density at radius 1 is 1.24 bits per heavy atom. The summed E-state index contributed by atoms with van der Waals surface area (Å²) in [6, 6.07) is 9.49. The summed E-state index contributed by atoms with van der Waals surface area (Å²) < 4.78 is 1.45. The molecule has 0 spiro atoms. The number of hydrogen-bond donors (Lipinski definition) is 2. The summed E-state index contributed by atoms with van der Waals surface area (Å²) >= 11 is 0. The first-order valence-corrected chi connectivity index (χ1v) is 5.25. The van der Waals surface area contributed by atoms with Gasteiger partial charge in [0.15, 0.2) is 5.78 Å². The summed E-state index contributed by atoms with van der Waals surface area (Å²) in [5, 5.41) is 19.4. The summed E-state index contributed by atoms with van der Waals surface area (Å²) in [4.78, 5) is 11.2. The van der Waals surface area contributed by atoms with Crippen LogP contribution < -0.4 is 0 Å². The molecule has 0 aliphatic heterocycles. The summed E-state index contributed by atoms with van der Waals surface area (Å²) in [5.41, 5.74) is 0.953. The molecule has 0 saturated carbocycles. The van der Waals surface area contributed by atoms with Crippen molar-refractivity contribution in [2.24, 2.45) is 0 Å². The Morgan fingerprint density at radius 3 is 2.41 bits per heavy atom. The van der Waals surface area contributed by atoms with Gasteiger partial charge in [-0.15, -0.1) is 0 Å². The minimum absolute atomic E-state index is 0.0269. The van der Waals surface area contributed by atoms with Crippen molar-refractivity contribution < 1.29 is 15.0 Å². The van der Waals surface area contributed by atoms with Crippen molar-refractivity contribution in [3.8, 4) is 11.6 Å². The van der Waals surface area contributed by atoms with Gasteiger partial charge in [-0.2, -0.15) is 0 Å². The Bertz CT molecular complexity index is 543. The smallest absolute Gasteiger partial charge is 0.206 e. The highest BCUT2D eigenvalue weighted by atomic mass is 16.3. The molecule has 0 aliphatic carbocycles. The second kappa shape index (κ2) is 4.33. The van der Waals surface area contributed by atoms with Gasteiger partial charge in [-0.05, 0) is 12.5 Å². The van der Waals surface area contributed by atoms with Crippen LogP contribution in [-0.4, -0.2) is 20.6 Å². The molecule has 0 radical (unpaired) electrons. The van der Waals surface area contributed by atoms with Crippen molar-refractivity contribution in [2.75, 3.05) is 0 Å². The highest BCUT2D eigenvalue weighted by Crippen LogP contribution is 2.30. The molecule has 4 nitrogen and oxygen atoms in total. The third-order valence-electron chi connectivity index (χ3n) is 2.58. The van der Waals surface area contributed by atoms with E-state index in [2.05, 4.69) is 0 Å². The van der Waals surface area contributed by atoms with Crippen LogP contribution in [0, 0.1) is 0 Å². The second-order valence-corrected chi connectivity index (χ2v) is 3.88. The molecule has 2 aromatic rings. The largest absolute Gasteiger partial charge is 0.505 e. The van der Waals surface area contributed by atoms with E-state index in [4.69, 9.17) is 0 Å². The highest BCUT2D eigenvalue weighted by molar-refractivity contribution is 5.99. The molecular formula is C13H13NO3. The first-order chi connectivity index (χ1) is 8.09. The van der Waals surface area contributed by atoms with Crippen LogP contribution in [0.15, 0.2) is 36.5 Å². The van der Waals surface area contributed by atoms with Crippen LogP contribution in [0.3, 0.4) is 0 Å². The second-order valence-electron chi connectivity index (χ2n) is 3.88. The normalized spacial score (nSPS) is 10.4. The topological polar surface area (TPSA) is 62.5 Å². The van der Waals surface area contributed by atoms with Gasteiger partial charge < -0.3 is 14.8 Å². The highest BCUT2D eigenvalue weighted by Gasteiger charge is 2.18. The quantitative estimate of drug-likeness (QED) is 0.795. The van der Waals surface area contributed by atoms with Gasteiger partial charge in [-0.25, -0.2) is 0 Å². The van der Waals surface area contributed by atoms with Gasteiger partial charge in [0, 0.05) is 0 Å². The van der Waals surface area contributed by atoms with Gasteiger partial charge in [0.1, 0.15) is 11.3 Å². The molecule has 0 aliphatic rings. The van der Waals surface area contributed by atoms with Crippen molar-refractivity contribution in [1.82, 2.24) is 4.57 Å². The average Bonchev–Trinajstić information content (AvgIpc) is 2.55. The zero-order valence-corrected chi connectivity index (χ0v) is 9.42. The third kappa shape index (κ3) is 2.15. The molecule has 0 fully saturated rings. The van der Waals surface area contributed by atoms with Gasteiger partial charge >= 0.3 is 0 Å². The number of nitrogens with zero attached hydrogens (tertiary/aromatic N) is 1. The van der Waals surface area contributed by atoms with Crippen molar-refractivity contribution in [1.29, 1.82) is 0 Å². The monoisotopic (exact) mass is 231 g/mol. The zero-order chi connectivity index (χ0) is 12.4. The van der Waals surface area contributed by atoms with E-state index in [1.807, 2.05) is 30.3 Å². The van der Waals surface area contributed by atoms with Crippen LogP contribution in [0.5, 0.6) is 11.6 Å². The maximum atomic E-state index is 11.2. The van der Waals surface area contributed by atoms with E-state index in [9.17, 15) is 15.0 Å². The van der Waals surface area contributed by atoms with E-state index in [0.29, 0.717) is 6.54 Å². The van der Waals surface area contributed by atoms with Gasteiger partial charge in [0.25, 0.3) is 0 Å². The fraction of sp³-hybridized carbons (Fsp3) is 0.154. The Balaban J connectivity index is 2.35. The molecule has 4 heteroatoms. The summed E-state index contributed by atoms with van der Waals surface area (Å²) in [6.45, 7) is 1.72. The van der Waals surface area contributed by atoms with E-state index >= 15 is 0 Å². The number of hydrogen-bond acceptors (Lipinski definition) is 3. The van der Waals surface area contributed by atoms with Gasteiger partial charge in [-0.1, -0.05) is 30.3 Å². The number of carbonyl (C=O) groups is 1. The molecule has 0 saturated heterocycles. The molecule has 0 bridgehead atoms. The lowest BCUT2D eigenvalue weighted by atomic mass is 10.2. The number of aromatic hydroxyl groups is 2. The predicted octanol–water partition coefficient (Wildman–Crippen LogP) is 2.15. The molecular weight excluding hydrogens is 218 g/mol. The number of aromatic nitrogens is 1. The van der Waals surface area contributed by atoms with Crippen LogP contribution in [0.1, 0.15) is 22.8 Å². The van der Waals surface area contributed by atoms with Gasteiger partial charge in [0.2, 0.25) is 5.88 Å². The minimum Gasteiger partial charge on any atom is -0.505 e. The van der Waals surface area contributed by atoms with E-state index in [0.717, 1.165) is 5.56 Å². The SMILES string of the molecule is CC(=O)c1c(O)cn(Cc2ccccc2)c1O. The Labute approximate surface area is 98.8 Å². The molecule has 2 rings (SSSR count). The van der Waals surface area contributed by atoms with Crippen LogP contribution in [0.4, 0.5) is 0 Å². The van der Waals surface area contributed by atoms with E-state index in [1.54, 1.807) is 0 Å². The Kier molecular flexibility index (Phi) is 2.87. The lowest BCUT2D eigenvalue weighted by molar-refractivity contribution is 0.101. The van der Waals surface area contributed by atoms with E-state index in [1.165, 1.54) is 17.7 Å². The number of rotatable bonds is 3. The number of benzene rings is 1. The minimum atomic E-state index is -0.355. The lowest BCUT2D eigenvalue weighted by Crippen LogP contribution is -1.98.